The number of amides is 2. The fourth-order valence-electron chi connectivity index (χ4n) is 3.48. The molecule has 10 heteroatoms. The van der Waals surface area contributed by atoms with Crippen LogP contribution in [0, 0.1) is 0 Å². The highest BCUT2D eigenvalue weighted by Gasteiger charge is 2.19. The van der Waals surface area contributed by atoms with Gasteiger partial charge in [0.15, 0.2) is 12.2 Å². The summed E-state index contributed by atoms with van der Waals surface area (Å²) in [4.78, 5) is 25.9. The van der Waals surface area contributed by atoms with Crippen molar-refractivity contribution in [1.29, 1.82) is 0 Å². The van der Waals surface area contributed by atoms with Crippen molar-refractivity contribution >= 4 is 57.8 Å². The summed E-state index contributed by atoms with van der Waals surface area (Å²) in [5.41, 5.74) is 1.77. The monoisotopic (exact) mass is 576 g/mol. The minimum absolute atomic E-state index is 0.326. The van der Waals surface area contributed by atoms with E-state index >= 15 is 0 Å². The summed E-state index contributed by atoms with van der Waals surface area (Å²) in [5, 5.41) is 15.2. The number of azo groups is 1. The number of nitrogens with zero attached hydrogens (tertiary/aromatic N) is 2. The SMILES string of the molecule is CC(Oc1cccc(Cl)c1)C(=O)Nc1ccc(N=Nc2ccccc2)c(NC(=O)C(C)Oc2cccc(Cl)c2)c1. The number of ether oxygens (including phenoxy) is 2. The van der Waals surface area contributed by atoms with Crippen LogP contribution in [0.5, 0.6) is 11.5 Å². The molecule has 0 aromatic heterocycles. The molecule has 4 aromatic carbocycles. The molecule has 2 N–H and O–H groups in total. The maximum Gasteiger partial charge on any atom is 0.265 e. The molecule has 0 aliphatic carbocycles. The molecule has 4 aromatic rings. The van der Waals surface area contributed by atoms with Crippen molar-refractivity contribution in [2.45, 2.75) is 26.1 Å². The molecule has 204 valence electrons. The van der Waals surface area contributed by atoms with Gasteiger partial charge in [-0.25, -0.2) is 0 Å². The Bertz CT molecular complexity index is 1510. The first-order chi connectivity index (χ1) is 19.3. The lowest BCUT2D eigenvalue weighted by Crippen LogP contribution is -2.31. The zero-order valence-electron chi connectivity index (χ0n) is 21.7. The molecule has 4 rings (SSSR count). The zero-order valence-corrected chi connectivity index (χ0v) is 23.2. The number of halogens is 2. The third-order valence-electron chi connectivity index (χ3n) is 5.51. The van der Waals surface area contributed by atoms with E-state index in [1.165, 1.54) is 0 Å². The largest absolute Gasteiger partial charge is 0.481 e. The highest BCUT2D eigenvalue weighted by molar-refractivity contribution is 6.31. The lowest BCUT2D eigenvalue weighted by Gasteiger charge is -2.17. The van der Waals surface area contributed by atoms with Crippen LogP contribution in [0.3, 0.4) is 0 Å². The number of rotatable bonds is 10. The van der Waals surface area contributed by atoms with Crippen molar-refractivity contribution in [3.8, 4) is 11.5 Å². The zero-order chi connectivity index (χ0) is 28.5. The molecule has 0 aliphatic heterocycles. The second-order valence-corrected chi connectivity index (χ2v) is 9.55. The predicted octanol–water partition coefficient (Wildman–Crippen LogP) is 8.22. The van der Waals surface area contributed by atoms with E-state index in [2.05, 4.69) is 20.9 Å². The fraction of sp³-hybridized carbons (Fsp3) is 0.133. The van der Waals surface area contributed by atoms with Gasteiger partial charge in [-0.15, -0.1) is 5.11 Å². The first-order valence-corrected chi connectivity index (χ1v) is 13.1. The van der Waals surface area contributed by atoms with Gasteiger partial charge in [0.2, 0.25) is 0 Å². The Morgan fingerprint density at radius 1 is 0.675 bits per heavy atom. The number of carbonyl (C=O) groups excluding carboxylic acids is 2. The number of hydrogen-bond acceptors (Lipinski definition) is 6. The van der Waals surface area contributed by atoms with Crippen molar-refractivity contribution in [2.75, 3.05) is 10.6 Å². The molecule has 0 radical (unpaired) electrons. The molecule has 2 unspecified atom stereocenters. The van der Waals surface area contributed by atoms with Crippen LogP contribution in [0.1, 0.15) is 13.8 Å². The van der Waals surface area contributed by atoms with Crippen LogP contribution in [0.2, 0.25) is 10.0 Å². The van der Waals surface area contributed by atoms with Gasteiger partial charge in [-0.1, -0.05) is 53.5 Å². The Morgan fingerprint density at radius 2 is 1.25 bits per heavy atom. The smallest absolute Gasteiger partial charge is 0.265 e. The van der Waals surface area contributed by atoms with E-state index in [4.69, 9.17) is 32.7 Å². The van der Waals surface area contributed by atoms with Crippen molar-refractivity contribution in [3.63, 3.8) is 0 Å². The summed E-state index contributed by atoms with van der Waals surface area (Å²) in [5.74, 6) is 0.0909. The van der Waals surface area contributed by atoms with Crippen molar-refractivity contribution in [2.24, 2.45) is 10.2 Å². The summed E-state index contributed by atoms with van der Waals surface area (Å²) >= 11 is 12.0. The van der Waals surface area contributed by atoms with Gasteiger partial charge in [0.05, 0.1) is 11.4 Å². The summed E-state index contributed by atoms with van der Waals surface area (Å²) in [6, 6.07) is 27.6. The molecular formula is C30H26Cl2N4O4. The highest BCUT2D eigenvalue weighted by Crippen LogP contribution is 2.31. The lowest BCUT2D eigenvalue weighted by atomic mass is 10.2. The minimum Gasteiger partial charge on any atom is -0.481 e. The molecule has 2 atom stereocenters. The molecule has 0 heterocycles. The standard InChI is InChI=1S/C30H26Cl2N4O4/c1-19(39-25-12-6-8-21(31)16-25)29(37)33-24-14-15-27(36-35-23-10-4-3-5-11-23)28(18-24)34-30(38)20(2)40-26-13-7-9-22(32)17-26/h3-20H,1-2H3,(H,33,37)(H,34,38). The Labute approximate surface area is 241 Å². The van der Waals surface area contributed by atoms with E-state index in [-0.39, 0.29) is 0 Å². The number of benzene rings is 4. The van der Waals surface area contributed by atoms with Crippen molar-refractivity contribution in [1.82, 2.24) is 0 Å². The Morgan fingerprint density at radius 3 is 1.82 bits per heavy atom. The molecule has 0 spiro atoms. The molecule has 0 saturated heterocycles. The van der Waals surface area contributed by atoms with Gasteiger partial charge < -0.3 is 20.1 Å². The third kappa shape index (κ3) is 8.30. The van der Waals surface area contributed by atoms with Gasteiger partial charge in [-0.3, -0.25) is 9.59 Å². The topological polar surface area (TPSA) is 101 Å². The van der Waals surface area contributed by atoms with Crippen LogP contribution in [-0.2, 0) is 9.59 Å². The average Bonchev–Trinajstić information content (AvgIpc) is 2.93. The van der Waals surface area contributed by atoms with E-state index in [0.717, 1.165) is 0 Å². The first kappa shape index (κ1) is 28.6. The maximum atomic E-state index is 13.0. The second-order valence-electron chi connectivity index (χ2n) is 8.68. The van der Waals surface area contributed by atoms with E-state index in [1.807, 2.05) is 18.2 Å². The summed E-state index contributed by atoms with van der Waals surface area (Å²) < 4.78 is 11.4. The predicted molar refractivity (Wildman–Crippen MR) is 157 cm³/mol. The fourth-order valence-corrected chi connectivity index (χ4v) is 3.84. The second kappa shape index (κ2) is 13.6. The Balaban J connectivity index is 1.52. The van der Waals surface area contributed by atoms with Crippen molar-refractivity contribution < 1.29 is 19.1 Å². The quantitative estimate of drug-likeness (QED) is 0.186. The van der Waals surface area contributed by atoms with E-state index in [9.17, 15) is 9.59 Å². The summed E-state index contributed by atoms with van der Waals surface area (Å²) in [7, 11) is 0. The average molecular weight is 577 g/mol. The number of hydrogen-bond donors (Lipinski definition) is 2. The van der Waals surface area contributed by atoms with Crippen LogP contribution in [0.25, 0.3) is 0 Å². The number of anilines is 2. The molecule has 0 saturated carbocycles. The first-order valence-electron chi connectivity index (χ1n) is 12.3. The number of carbonyl (C=O) groups is 2. The number of nitrogens with one attached hydrogen (secondary N) is 2. The van der Waals surface area contributed by atoms with Crippen LogP contribution >= 0.6 is 23.2 Å². The van der Waals surface area contributed by atoms with Gasteiger partial charge in [0.1, 0.15) is 17.2 Å². The van der Waals surface area contributed by atoms with Crippen LogP contribution in [0.4, 0.5) is 22.7 Å². The van der Waals surface area contributed by atoms with Gasteiger partial charge in [-0.05, 0) is 80.6 Å². The molecule has 0 aliphatic rings. The van der Waals surface area contributed by atoms with Crippen LogP contribution < -0.4 is 20.1 Å². The minimum atomic E-state index is -0.859. The molecule has 0 fully saturated rings. The summed E-state index contributed by atoms with van der Waals surface area (Å²) in [6.45, 7) is 3.23. The van der Waals surface area contributed by atoms with Gasteiger partial charge in [-0.2, -0.15) is 5.11 Å². The van der Waals surface area contributed by atoms with E-state index in [0.29, 0.717) is 44.3 Å². The Hall–Kier alpha value is -4.40. The molecule has 40 heavy (non-hydrogen) atoms. The molecule has 8 nitrogen and oxygen atoms in total. The third-order valence-corrected chi connectivity index (χ3v) is 5.98. The van der Waals surface area contributed by atoms with E-state index < -0.39 is 24.0 Å². The van der Waals surface area contributed by atoms with Gasteiger partial charge in [0.25, 0.3) is 11.8 Å². The molecular weight excluding hydrogens is 551 g/mol. The normalized spacial score (nSPS) is 12.4. The van der Waals surface area contributed by atoms with Gasteiger partial charge in [0, 0.05) is 15.7 Å². The maximum absolute atomic E-state index is 13.0. The highest BCUT2D eigenvalue weighted by atomic mass is 35.5. The molecule has 2 amide bonds. The van der Waals surface area contributed by atoms with Crippen LogP contribution in [0.15, 0.2) is 107 Å². The van der Waals surface area contributed by atoms with Crippen LogP contribution in [-0.4, -0.2) is 24.0 Å². The van der Waals surface area contributed by atoms with E-state index in [1.54, 1.807) is 92.7 Å². The summed E-state index contributed by atoms with van der Waals surface area (Å²) in [6.07, 6.45) is -1.68. The Kier molecular flexibility index (Phi) is 9.72. The molecule has 0 bridgehead atoms. The lowest BCUT2D eigenvalue weighted by molar-refractivity contribution is -0.122. The van der Waals surface area contributed by atoms with Crippen molar-refractivity contribution in [3.05, 3.63) is 107 Å². The van der Waals surface area contributed by atoms with Gasteiger partial charge >= 0.3 is 0 Å².